The van der Waals surface area contributed by atoms with Crippen LogP contribution in [0.3, 0.4) is 0 Å². The van der Waals surface area contributed by atoms with Crippen molar-refractivity contribution in [3.05, 3.63) is 23.8 Å². The van der Waals surface area contributed by atoms with Crippen LogP contribution in [-0.2, 0) is 4.79 Å². The first kappa shape index (κ1) is 12.6. The third kappa shape index (κ3) is 2.77. The minimum absolute atomic E-state index is 0.0716. The molecule has 1 aliphatic rings. The number of fused-ring (bicyclic) bond motifs is 1. The number of carbonyl (C=O) groups is 1. The molecule has 2 heterocycles. The zero-order valence-electron chi connectivity index (χ0n) is 10.9. The van der Waals surface area contributed by atoms with E-state index in [4.69, 9.17) is 0 Å². The van der Waals surface area contributed by atoms with Crippen LogP contribution in [0.1, 0.15) is 31.2 Å². The number of hydrogen-bond donors (Lipinski definition) is 2. The van der Waals surface area contributed by atoms with E-state index in [1.165, 1.54) is 25.3 Å². The van der Waals surface area contributed by atoms with Crippen molar-refractivity contribution < 1.29 is 4.79 Å². The highest BCUT2D eigenvalue weighted by Gasteiger charge is 2.16. The molecular weight excluding hydrogens is 258 g/mol. The number of hydrogen-bond acceptors (Lipinski definition) is 4. The topological polar surface area (TPSA) is 54.0 Å². The molecule has 1 aromatic heterocycles. The van der Waals surface area contributed by atoms with Gasteiger partial charge in [0.2, 0.25) is 5.91 Å². The molecule has 0 unspecified atom stereocenters. The predicted octanol–water partition coefficient (Wildman–Crippen LogP) is 2.72. The zero-order valence-corrected chi connectivity index (χ0v) is 11.7. The summed E-state index contributed by atoms with van der Waals surface area (Å²) in [6, 6.07) is 6.47. The van der Waals surface area contributed by atoms with Crippen molar-refractivity contribution in [3.63, 3.8) is 0 Å². The van der Waals surface area contributed by atoms with Gasteiger partial charge in [0.05, 0.1) is 10.2 Å². The molecule has 2 aromatic rings. The van der Waals surface area contributed by atoms with Crippen molar-refractivity contribution in [2.45, 2.75) is 25.7 Å². The lowest BCUT2D eigenvalue weighted by atomic mass is 9.90. The molecule has 0 aliphatic carbocycles. The van der Waals surface area contributed by atoms with Gasteiger partial charge in [0.1, 0.15) is 0 Å². The van der Waals surface area contributed by atoms with Crippen LogP contribution < -0.4 is 10.6 Å². The molecule has 3 rings (SSSR count). The average Bonchev–Trinajstić information content (AvgIpc) is 2.79. The van der Waals surface area contributed by atoms with Crippen LogP contribution in [0, 0.1) is 0 Å². The molecule has 19 heavy (non-hydrogen) atoms. The normalized spacial score (nSPS) is 16.7. The molecule has 0 radical (unpaired) electrons. The summed E-state index contributed by atoms with van der Waals surface area (Å²) >= 11 is 1.55. The quantitative estimate of drug-likeness (QED) is 0.886. The lowest BCUT2D eigenvalue weighted by Crippen LogP contribution is -2.26. The number of piperidine rings is 1. The van der Waals surface area contributed by atoms with E-state index in [-0.39, 0.29) is 5.91 Å². The van der Waals surface area contributed by atoms with Gasteiger partial charge in [0, 0.05) is 6.92 Å². The molecule has 0 spiro atoms. The second-order valence-corrected chi connectivity index (χ2v) is 5.98. The highest BCUT2D eigenvalue weighted by Crippen LogP contribution is 2.31. The van der Waals surface area contributed by atoms with Crippen molar-refractivity contribution >= 4 is 32.6 Å². The number of anilines is 1. The highest BCUT2D eigenvalue weighted by molar-refractivity contribution is 7.22. The number of amides is 1. The summed E-state index contributed by atoms with van der Waals surface area (Å²) in [5.41, 5.74) is 2.36. The van der Waals surface area contributed by atoms with E-state index in [1.54, 1.807) is 11.3 Å². The molecule has 2 N–H and O–H groups in total. The third-order valence-corrected chi connectivity index (χ3v) is 4.44. The molecular formula is C14H17N3OS. The van der Waals surface area contributed by atoms with E-state index in [0.29, 0.717) is 11.0 Å². The molecule has 1 fully saturated rings. The Morgan fingerprint density at radius 3 is 2.95 bits per heavy atom. The fraction of sp³-hybridized carbons (Fsp3) is 0.429. The Morgan fingerprint density at radius 1 is 1.42 bits per heavy atom. The van der Waals surface area contributed by atoms with E-state index >= 15 is 0 Å². The summed E-state index contributed by atoms with van der Waals surface area (Å²) in [6.07, 6.45) is 2.39. The maximum atomic E-state index is 11.1. The minimum Gasteiger partial charge on any atom is -0.317 e. The largest absolute Gasteiger partial charge is 0.317 e. The van der Waals surface area contributed by atoms with Crippen LogP contribution in [-0.4, -0.2) is 24.0 Å². The van der Waals surface area contributed by atoms with Gasteiger partial charge in [-0.3, -0.25) is 4.79 Å². The van der Waals surface area contributed by atoms with Crippen LogP contribution in [0.25, 0.3) is 10.2 Å². The molecule has 0 atom stereocenters. The Kier molecular flexibility index (Phi) is 3.48. The number of nitrogens with zero attached hydrogens (tertiary/aromatic N) is 1. The number of thiazole rings is 1. The molecule has 0 bridgehead atoms. The maximum Gasteiger partial charge on any atom is 0.223 e. The molecule has 1 saturated heterocycles. The lowest BCUT2D eigenvalue weighted by molar-refractivity contribution is -0.114. The van der Waals surface area contributed by atoms with Crippen molar-refractivity contribution in [1.82, 2.24) is 10.3 Å². The van der Waals surface area contributed by atoms with Crippen LogP contribution >= 0.6 is 11.3 Å². The number of rotatable bonds is 2. The number of benzene rings is 1. The smallest absolute Gasteiger partial charge is 0.223 e. The van der Waals surface area contributed by atoms with Gasteiger partial charge >= 0.3 is 0 Å². The summed E-state index contributed by atoms with van der Waals surface area (Å²) < 4.78 is 1.15. The number of aromatic nitrogens is 1. The monoisotopic (exact) mass is 275 g/mol. The highest BCUT2D eigenvalue weighted by atomic mass is 32.1. The van der Waals surface area contributed by atoms with E-state index < -0.39 is 0 Å². The first-order valence-corrected chi connectivity index (χ1v) is 7.43. The fourth-order valence-electron chi connectivity index (χ4n) is 2.55. The van der Waals surface area contributed by atoms with Gasteiger partial charge in [0.25, 0.3) is 0 Å². The molecule has 0 saturated carbocycles. The van der Waals surface area contributed by atoms with Crippen molar-refractivity contribution in [3.8, 4) is 0 Å². The van der Waals surface area contributed by atoms with Gasteiger partial charge in [0.15, 0.2) is 5.13 Å². The van der Waals surface area contributed by atoms with Gasteiger partial charge in [-0.1, -0.05) is 17.4 Å². The van der Waals surface area contributed by atoms with Crippen molar-refractivity contribution in [2.75, 3.05) is 18.4 Å². The van der Waals surface area contributed by atoms with Gasteiger partial charge in [-0.2, -0.15) is 0 Å². The summed E-state index contributed by atoms with van der Waals surface area (Å²) in [7, 11) is 0. The molecule has 1 amide bonds. The van der Waals surface area contributed by atoms with Crippen molar-refractivity contribution in [1.29, 1.82) is 0 Å². The first-order valence-electron chi connectivity index (χ1n) is 6.61. The first-order chi connectivity index (χ1) is 9.22. The van der Waals surface area contributed by atoms with Gasteiger partial charge < -0.3 is 10.6 Å². The predicted molar refractivity (Wildman–Crippen MR) is 78.8 cm³/mol. The molecule has 1 aromatic carbocycles. The van der Waals surface area contributed by atoms with Crippen LogP contribution in [0.4, 0.5) is 5.13 Å². The molecule has 4 nitrogen and oxygen atoms in total. The maximum absolute atomic E-state index is 11.1. The van der Waals surface area contributed by atoms with E-state index in [2.05, 4.69) is 33.8 Å². The van der Waals surface area contributed by atoms with Crippen molar-refractivity contribution in [2.24, 2.45) is 0 Å². The van der Waals surface area contributed by atoms with Gasteiger partial charge in [-0.15, -0.1) is 0 Å². The Morgan fingerprint density at radius 2 is 2.21 bits per heavy atom. The van der Waals surface area contributed by atoms with Crippen LogP contribution in [0.2, 0.25) is 0 Å². The third-order valence-electron chi connectivity index (χ3n) is 3.51. The number of nitrogens with one attached hydrogen (secondary N) is 2. The van der Waals surface area contributed by atoms with Crippen LogP contribution in [0.15, 0.2) is 18.2 Å². The Hall–Kier alpha value is -1.46. The molecule has 5 heteroatoms. The summed E-state index contributed by atoms with van der Waals surface area (Å²) in [6.45, 7) is 3.71. The molecule has 1 aliphatic heterocycles. The van der Waals surface area contributed by atoms with E-state index in [0.717, 1.165) is 23.3 Å². The SMILES string of the molecule is CC(=O)Nc1nc2ccc(C3CCNCC3)cc2s1. The Labute approximate surface area is 116 Å². The summed E-state index contributed by atoms with van der Waals surface area (Å²) in [5, 5.41) is 6.83. The zero-order chi connectivity index (χ0) is 13.2. The molecule has 100 valence electrons. The standard InChI is InChI=1S/C14H17N3OS/c1-9(18)16-14-17-12-3-2-11(8-13(12)19-14)10-4-6-15-7-5-10/h2-3,8,10,15H,4-7H2,1H3,(H,16,17,18). The number of carbonyl (C=O) groups excluding carboxylic acids is 1. The summed E-state index contributed by atoms with van der Waals surface area (Å²) in [4.78, 5) is 15.5. The fourth-order valence-corrected chi connectivity index (χ4v) is 3.51. The Balaban J connectivity index is 1.89. The van der Waals surface area contributed by atoms with E-state index in [1.807, 2.05) is 0 Å². The van der Waals surface area contributed by atoms with E-state index in [9.17, 15) is 4.79 Å². The Bertz CT molecular complexity index is 602. The van der Waals surface area contributed by atoms with Gasteiger partial charge in [-0.25, -0.2) is 4.98 Å². The van der Waals surface area contributed by atoms with Gasteiger partial charge in [-0.05, 0) is 49.5 Å². The average molecular weight is 275 g/mol. The lowest BCUT2D eigenvalue weighted by Gasteiger charge is -2.22. The van der Waals surface area contributed by atoms with Crippen LogP contribution in [0.5, 0.6) is 0 Å². The summed E-state index contributed by atoms with van der Waals surface area (Å²) in [5.74, 6) is 0.578. The second-order valence-electron chi connectivity index (χ2n) is 4.95. The second kappa shape index (κ2) is 5.27. The minimum atomic E-state index is -0.0716.